The zero-order chi connectivity index (χ0) is 33.0. The highest BCUT2D eigenvalue weighted by Crippen LogP contribution is 2.44. The lowest BCUT2D eigenvalue weighted by atomic mass is 9.94. The van der Waals surface area contributed by atoms with Gasteiger partial charge in [0.25, 0.3) is 0 Å². The summed E-state index contributed by atoms with van der Waals surface area (Å²) in [6.07, 6.45) is 1.94. The second-order valence-corrected chi connectivity index (χ2v) is 13.9. The smallest absolute Gasteiger partial charge is 0.146 e. The molecule has 8 aromatic carbocycles. The van der Waals surface area contributed by atoms with E-state index in [-0.39, 0.29) is 0 Å². The molecule has 0 radical (unpaired) electrons. The standard InChI is InChI=1S/C47H30N2S/c1-2-8-31(9-3-1)32-18-23-38(24-19-32)49(47-46-42-12-6-7-13-43(42)50-44(46)28-29-48-47)39-25-20-33(21-26-39)36-22-27-41-37(30-36)17-16-35-15-14-34-10-4-5-11-40(34)45(35)41/h1-30H. The summed E-state index contributed by atoms with van der Waals surface area (Å²) in [5, 5.41) is 10.1. The van der Waals surface area contributed by atoms with Crippen molar-refractivity contribution in [1.82, 2.24) is 4.98 Å². The molecule has 0 atom stereocenters. The summed E-state index contributed by atoms with van der Waals surface area (Å²) >= 11 is 1.82. The van der Waals surface area contributed by atoms with E-state index in [1.807, 2.05) is 17.5 Å². The van der Waals surface area contributed by atoms with Gasteiger partial charge in [-0.25, -0.2) is 4.98 Å². The molecule has 0 fully saturated rings. The summed E-state index contributed by atoms with van der Waals surface area (Å²) in [4.78, 5) is 7.36. The Balaban J connectivity index is 1.09. The maximum Gasteiger partial charge on any atom is 0.146 e. The van der Waals surface area contributed by atoms with Gasteiger partial charge in [0.05, 0.1) is 0 Å². The number of hydrogen-bond donors (Lipinski definition) is 0. The van der Waals surface area contributed by atoms with E-state index < -0.39 is 0 Å². The highest BCUT2D eigenvalue weighted by molar-refractivity contribution is 7.25. The fraction of sp³-hybridized carbons (Fsp3) is 0. The molecule has 0 N–H and O–H groups in total. The largest absolute Gasteiger partial charge is 0.295 e. The Morgan fingerprint density at radius 1 is 0.380 bits per heavy atom. The first-order valence-electron chi connectivity index (χ1n) is 17.0. The molecule has 2 nitrogen and oxygen atoms in total. The summed E-state index contributed by atoms with van der Waals surface area (Å²) in [5.41, 5.74) is 6.91. The Labute approximate surface area is 294 Å². The number of rotatable bonds is 5. The lowest BCUT2D eigenvalue weighted by Gasteiger charge is -2.25. The molecule has 0 amide bonds. The molecule has 2 aromatic heterocycles. The molecule has 0 saturated carbocycles. The van der Waals surface area contributed by atoms with Crippen LogP contribution in [0.4, 0.5) is 17.2 Å². The third-order valence-corrected chi connectivity index (χ3v) is 11.0. The number of anilines is 3. The van der Waals surface area contributed by atoms with E-state index in [2.05, 4.69) is 181 Å². The number of benzene rings is 8. The van der Waals surface area contributed by atoms with Gasteiger partial charge in [-0.15, -0.1) is 11.3 Å². The predicted octanol–water partition coefficient (Wildman–Crippen LogP) is 13.7. The minimum absolute atomic E-state index is 0.935. The molecule has 234 valence electrons. The van der Waals surface area contributed by atoms with Gasteiger partial charge < -0.3 is 0 Å². The molecule has 0 unspecified atom stereocenters. The first-order valence-corrected chi connectivity index (χ1v) is 17.8. The monoisotopic (exact) mass is 654 g/mol. The van der Waals surface area contributed by atoms with Crippen LogP contribution in [0.3, 0.4) is 0 Å². The number of thiophene rings is 1. The van der Waals surface area contributed by atoms with Crippen molar-refractivity contribution in [3.8, 4) is 22.3 Å². The summed E-state index contributed by atoms with van der Waals surface area (Å²) in [7, 11) is 0. The van der Waals surface area contributed by atoms with Crippen LogP contribution in [0.5, 0.6) is 0 Å². The summed E-state index contributed by atoms with van der Waals surface area (Å²) < 4.78 is 2.50. The Bertz CT molecular complexity index is 2850. The minimum atomic E-state index is 0.935. The van der Waals surface area contributed by atoms with Crippen molar-refractivity contribution in [2.24, 2.45) is 0 Å². The van der Waals surface area contributed by atoms with Gasteiger partial charge >= 0.3 is 0 Å². The van der Waals surface area contributed by atoms with E-state index in [9.17, 15) is 0 Å². The van der Waals surface area contributed by atoms with E-state index in [0.717, 1.165) is 17.2 Å². The Morgan fingerprint density at radius 3 is 1.74 bits per heavy atom. The van der Waals surface area contributed by atoms with Crippen molar-refractivity contribution in [3.05, 3.63) is 182 Å². The molecule has 10 aromatic rings. The molecular formula is C47H30N2S. The van der Waals surface area contributed by atoms with Crippen LogP contribution in [-0.2, 0) is 0 Å². The van der Waals surface area contributed by atoms with Crippen molar-refractivity contribution in [2.45, 2.75) is 0 Å². The van der Waals surface area contributed by atoms with E-state index >= 15 is 0 Å². The third-order valence-electron chi connectivity index (χ3n) is 9.90. The Hall–Kier alpha value is -6.29. The first-order chi connectivity index (χ1) is 24.8. The van der Waals surface area contributed by atoms with E-state index in [0.29, 0.717) is 0 Å². The van der Waals surface area contributed by atoms with Crippen molar-refractivity contribution < 1.29 is 0 Å². The fourth-order valence-corrected chi connectivity index (χ4v) is 8.56. The first kappa shape index (κ1) is 28.7. The van der Waals surface area contributed by atoms with Crippen molar-refractivity contribution in [3.63, 3.8) is 0 Å². The molecular weight excluding hydrogens is 625 g/mol. The molecule has 0 saturated heterocycles. The van der Waals surface area contributed by atoms with Crippen LogP contribution in [0.2, 0.25) is 0 Å². The highest BCUT2D eigenvalue weighted by Gasteiger charge is 2.20. The van der Waals surface area contributed by atoms with Crippen LogP contribution < -0.4 is 4.90 Å². The summed E-state index contributed by atoms with van der Waals surface area (Å²) in [6, 6.07) is 63.6. The van der Waals surface area contributed by atoms with Crippen molar-refractivity contribution >= 4 is 81.0 Å². The minimum Gasteiger partial charge on any atom is -0.295 e. The van der Waals surface area contributed by atoms with Crippen molar-refractivity contribution in [1.29, 1.82) is 0 Å². The number of fused-ring (bicyclic) bond motifs is 8. The lowest BCUT2D eigenvalue weighted by Crippen LogP contribution is -2.11. The Morgan fingerprint density at radius 2 is 0.960 bits per heavy atom. The normalized spacial score (nSPS) is 11.6. The van der Waals surface area contributed by atoms with Crippen LogP contribution in [0, 0.1) is 0 Å². The zero-order valence-electron chi connectivity index (χ0n) is 27.1. The molecule has 0 spiro atoms. The van der Waals surface area contributed by atoms with Gasteiger partial charge in [-0.05, 0) is 97.0 Å². The molecule has 0 aliphatic heterocycles. The van der Waals surface area contributed by atoms with Gasteiger partial charge in [0.15, 0.2) is 0 Å². The molecule has 10 rings (SSSR count). The summed E-state index contributed by atoms with van der Waals surface area (Å²) in [5.74, 6) is 0.935. The van der Waals surface area contributed by atoms with E-state index in [1.165, 1.54) is 74.7 Å². The van der Waals surface area contributed by atoms with Crippen molar-refractivity contribution in [2.75, 3.05) is 4.90 Å². The predicted molar refractivity (Wildman–Crippen MR) is 215 cm³/mol. The maximum atomic E-state index is 5.06. The summed E-state index contributed by atoms with van der Waals surface area (Å²) in [6.45, 7) is 0. The van der Waals surface area contributed by atoms with Crippen LogP contribution in [0.25, 0.3) is 74.7 Å². The molecule has 0 bridgehead atoms. The molecule has 0 aliphatic rings. The average molecular weight is 655 g/mol. The van der Waals surface area contributed by atoms with E-state index in [1.54, 1.807) is 0 Å². The van der Waals surface area contributed by atoms with Crippen LogP contribution in [0.1, 0.15) is 0 Å². The molecule has 0 aliphatic carbocycles. The maximum absolute atomic E-state index is 5.06. The van der Waals surface area contributed by atoms with Crippen LogP contribution in [-0.4, -0.2) is 4.98 Å². The number of nitrogens with zero attached hydrogens (tertiary/aromatic N) is 2. The number of aromatic nitrogens is 1. The Kier molecular flexibility index (Phi) is 6.71. The number of hydrogen-bond acceptors (Lipinski definition) is 3. The van der Waals surface area contributed by atoms with E-state index in [4.69, 9.17) is 4.98 Å². The second-order valence-electron chi connectivity index (χ2n) is 12.8. The molecule has 2 heterocycles. The van der Waals surface area contributed by atoms with Gasteiger partial charge in [0.2, 0.25) is 0 Å². The molecule has 3 heteroatoms. The van der Waals surface area contributed by atoms with Crippen LogP contribution >= 0.6 is 11.3 Å². The fourth-order valence-electron chi connectivity index (χ4n) is 7.47. The molecule has 50 heavy (non-hydrogen) atoms. The second kappa shape index (κ2) is 11.7. The van der Waals surface area contributed by atoms with Gasteiger partial charge in [-0.3, -0.25) is 4.90 Å². The van der Waals surface area contributed by atoms with Gasteiger partial charge in [-0.1, -0.05) is 133 Å². The average Bonchev–Trinajstić information content (AvgIpc) is 3.58. The van der Waals surface area contributed by atoms with Gasteiger partial charge in [-0.2, -0.15) is 0 Å². The SMILES string of the molecule is c1ccc(-c2ccc(N(c3ccc(-c4ccc5c(ccc6ccc7ccccc7c65)c4)cc3)c3nccc4sc5ccccc5c34)cc2)cc1. The third kappa shape index (κ3) is 4.74. The highest BCUT2D eigenvalue weighted by atomic mass is 32.1. The van der Waals surface area contributed by atoms with Gasteiger partial charge in [0.1, 0.15) is 5.82 Å². The zero-order valence-corrected chi connectivity index (χ0v) is 27.9. The quantitative estimate of drug-likeness (QED) is 0.172. The topological polar surface area (TPSA) is 16.1 Å². The van der Waals surface area contributed by atoms with Crippen LogP contribution in [0.15, 0.2) is 182 Å². The number of pyridine rings is 1. The van der Waals surface area contributed by atoms with Gasteiger partial charge in [0, 0.05) is 37.7 Å². The lowest BCUT2D eigenvalue weighted by molar-refractivity contribution is 1.20.